The highest BCUT2D eigenvalue weighted by atomic mass is 16.3. The highest BCUT2D eigenvalue weighted by Gasteiger charge is 2.06. The molecule has 0 unspecified atom stereocenters. The van der Waals surface area contributed by atoms with Crippen LogP contribution in [0.4, 0.5) is 0 Å². The molecule has 0 saturated carbocycles. The number of aliphatic hydroxyl groups excluding tert-OH is 1. The summed E-state index contributed by atoms with van der Waals surface area (Å²) in [6.07, 6.45) is 6.19. The highest BCUT2D eigenvalue weighted by molar-refractivity contribution is 5.58. The maximum Gasteiger partial charge on any atom is 0.134 e. The molecule has 1 aliphatic rings. The van der Waals surface area contributed by atoms with Crippen LogP contribution in [0.1, 0.15) is 12.0 Å². The molecule has 0 atom stereocenters. The van der Waals surface area contributed by atoms with Crippen LogP contribution in [0.2, 0.25) is 0 Å². The van der Waals surface area contributed by atoms with Crippen LogP contribution in [-0.4, -0.2) is 5.11 Å². The summed E-state index contributed by atoms with van der Waals surface area (Å²) in [7, 11) is 0. The van der Waals surface area contributed by atoms with Gasteiger partial charge in [0.2, 0.25) is 0 Å². The number of benzene rings is 1. The zero-order valence-electron chi connectivity index (χ0n) is 8.35. The standard InChI is InChI=1S/C13H13NO/c14-12-9-11(6-7-13(12)15)8-10-4-2-1-3-5-10/h1-8,15H,9,14H2. The fraction of sp³-hybridized carbons (Fsp3) is 0.0769. The van der Waals surface area contributed by atoms with Gasteiger partial charge in [0, 0.05) is 6.42 Å². The molecular formula is C13H13NO. The summed E-state index contributed by atoms with van der Waals surface area (Å²) in [5.41, 5.74) is 8.44. The number of rotatable bonds is 1. The lowest BCUT2D eigenvalue weighted by Gasteiger charge is -2.10. The van der Waals surface area contributed by atoms with E-state index >= 15 is 0 Å². The normalized spacial score (nSPS) is 18.5. The number of nitrogens with two attached hydrogens (primary N) is 1. The molecule has 0 heterocycles. The average molecular weight is 199 g/mol. The lowest BCUT2D eigenvalue weighted by atomic mass is 10.0. The van der Waals surface area contributed by atoms with Gasteiger partial charge in [-0.15, -0.1) is 0 Å². The van der Waals surface area contributed by atoms with Gasteiger partial charge in [-0.05, 0) is 17.2 Å². The molecule has 0 aliphatic heterocycles. The minimum Gasteiger partial charge on any atom is -0.506 e. The van der Waals surface area contributed by atoms with Crippen molar-refractivity contribution in [2.75, 3.05) is 0 Å². The lowest BCUT2D eigenvalue weighted by molar-refractivity contribution is 0.421. The number of aliphatic hydroxyl groups is 1. The van der Waals surface area contributed by atoms with Gasteiger partial charge < -0.3 is 10.8 Å². The third kappa shape index (κ3) is 2.29. The molecule has 2 nitrogen and oxygen atoms in total. The first-order chi connectivity index (χ1) is 7.25. The molecule has 15 heavy (non-hydrogen) atoms. The van der Waals surface area contributed by atoms with E-state index in [4.69, 9.17) is 5.73 Å². The quantitative estimate of drug-likeness (QED) is 0.730. The first-order valence-electron chi connectivity index (χ1n) is 4.87. The summed E-state index contributed by atoms with van der Waals surface area (Å²) < 4.78 is 0. The van der Waals surface area contributed by atoms with Crippen molar-refractivity contribution in [3.63, 3.8) is 0 Å². The van der Waals surface area contributed by atoms with E-state index in [0.717, 1.165) is 11.1 Å². The van der Waals surface area contributed by atoms with Crippen molar-refractivity contribution in [3.05, 3.63) is 65.1 Å². The van der Waals surface area contributed by atoms with Crippen molar-refractivity contribution < 1.29 is 5.11 Å². The summed E-state index contributed by atoms with van der Waals surface area (Å²) in [4.78, 5) is 0. The van der Waals surface area contributed by atoms with Crippen molar-refractivity contribution in [3.8, 4) is 0 Å². The molecular weight excluding hydrogens is 186 g/mol. The maximum atomic E-state index is 9.30. The molecule has 0 saturated heterocycles. The summed E-state index contributed by atoms with van der Waals surface area (Å²) in [6.45, 7) is 0. The SMILES string of the molecule is NC1=C(O)C=CC(=Cc2ccccc2)C1. The van der Waals surface area contributed by atoms with Crippen LogP contribution >= 0.6 is 0 Å². The van der Waals surface area contributed by atoms with Crippen LogP contribution < -0.4 is 5.73 Å². The second kappa shape index (κ2) is 4.05. The molecule has 2 heteroatoms. The van der Waals surface area contributed by atoms with Gasteiger partial charge in [0.25, 0.3) is 0 Å². The Labute approximate surface area is 89.0 Å². The highest BCUT2D eigenvalue weighted by Crippen LogP contribution is 2.20. The third-order valence-electron chi connectivity index (χ3n) is 2.33. The van der Waals surface area contributed by atoms with Gasteiger partial charge in [-0.2, -0.15) is 0 Å². The van der Waals surface area contributed by atoms with E-state index in [9.17, 15) is 5.11 Å². The van der Waals surface area contributed by atoms with Crippen LogP contribution in [0.15, 0.2) is 59.5 Å². The molecule has 2 rings (SSSR count). The number of hydrogen-bond donors (Lipinski definition) is 2. The molecule has 1 aliphatic carbocycles. The van der Waals surface area contributed by atoms with Crippen LogP contribution in [0.5, 0.6) is 0 Å². The molecule has 0 radical (unpaired) electrons. The van der Waals surface area contributed by atoms with Crippen LogP contribution in [-0.2, 0) is 0 Å². The van der Waals surface area contributed by atoms with Crippen molar-refractivity contribution in [1.29, 1.82) is 0 Å². The molecule has 1 aromatic rings. The molecule has 0 aromatic heterocycles. The van der Waals surface area contributed by atoms with Crippen LogP contribution in [0, 0.1) is 0 Å². The van der Waals surface area contributed by atoms with Gasteiger partial charge in [0.1, 0.15) is 5.76 Å². The minimum absolute atomic E-state index is 0.181. The van der Waals surface area contributed by atoms with Gasteiger partial charge in [-0.25, -0.2) is 0 Å². The summed E-state index contributed by atoms with van der Waals surface area (Å²) in [6, 6.07) is 10.1. The van der Waals surface area contributed by atoms with E-state index in [1.54, 1.807) is 6.08 Å². The van der Waals surface area contributed by atoms with Crippen LogP contribution in [0.25, 0.3) is 6.08 Å². The Balaban J connectivity index is 2.22. The topological polar surface area (TPSA) is 46.2 Å². The Morgan fingerprint density at radius 3 is 2.53 bits per heavy atom. The Morgan fingerprint density at radius 2 is 1.87 bits per heavy atom. The second-order valence-corrected chi connectivity index (χ2v) is 3.55. The summed E-state index contributed by atoms with van der Waals surface area (Å²) in [5, 5.41) is 9.30. The fourth-order valence-electron chi connectivity index (χ4n) is 1.52. The molecule has 1 aromatic carbocycles. The Bertz CT molecular complexity index is 441. The van der Waals surface area contributed by atoms with E-state index in [2.05, 4.69) is 6.08 Å². The van der Waals surface area contributed by atoms with Crippen LogP contribution in [0.3, 0.4) is 0 Å². The van der Waals surface area contributed by atoms with Crippen molar-refractivity contribution in [2.24, 2.45) is 5.73 Å². The second-order valence-electron chi connectivity index (χ2n) is 3.55. The average Bonchev–Trinajstić information content (AvgIpc) is 2.25. The third-order valence-corrected chi connectivity index (χ3v) is 2.33. The first kappa shape index (κ1) is 9.59. The molecule has 76 valence electrons. The molecule has 3 N–H and O–H groups in total. The van der Waals surface area contributed by atoms with Gasteiger partial charge in [-0.1, -0.05) is 42.5 Å². The molecule has 0 amide bonds. The maximum absolute atomic E-state index is 9.30. The smallest absolute Gasteiger partial charge is 0.134 e. The van der Waals surface area contributed by atoms with Gasteiger partial charge in [-0.3, -0.25) is 0 Å². The van der Waals surface area contributed by atoms with Crippen molar-refractivity contribution in [1.82, 2.24) is 0 Å². The predicted molar refractivity (Wildman–Crippen MR) is 62.0 cm³/mol. The number of hydrogen-bond acceptors (Lipinski definition) is 2. The molecule has 0 bridgehead atoms. The lowest BCUT2D eigenvalue weighted by Crippen LogP contribution is -2.05. The monoisotopic (exact) mass is 199 g/mol. The summed E-state index contributed by atoms with van der Waals surface area (Å²) in [5.74, 6) is 0.181. The van der Waals surface area contributed by atoms with E-state index in [0.29, 0.717) is 12.1 Å². The van der Waals surface area contributed by atoms with Crippen molar-refractivity contribution in [2.45, 2.75) is 6.42 Å². The first-order valence-corrected chi connectivity index (χ1v) is 4.87. The minimum atomic E-state index is 0.181. The largest absolute Gasteiger partial charge is 0.506 e. The summed E-state index contributed by atoms with van der Waals surface area (Å²) >= 11 is 0. The Hall–Kier alpha value is -1.96. The van der Waals surface area contributed by atoms with E-state index in [1.807, 2.05) is 36.4 Å². The van der Waals surface area contributed by atoms with Gasteiger partial charge >= 0.3 is 0 Å². The predicted octanol–water partition coefficient (Wildman–Crippen LogP) is 2.76. The molecule has 0 spiro atoms. The Morgan fingerprint density at radius 1 is 1.13 bits per heavy atom. The Kier molecular flexibility index (Phi) is 2.59. The van der Waals surface area contributed by atoms with E-state index in [-0.39, 0.29) is 5.76 Å². The van der Waals surface area contributed by atoms with Gasteiger partial charge in [0.05, 0.1) is 5.70 Å². The van der Waals surface area contributed by atoms with Crippen molar-refractivity contribution >= 4 is 6.08 Å². The van der Waals surface area contributed by atoms with Gasteiger partial charge in [0.15, 0.2) is 0 Å². The van der Waals surface area contributed by atoms with E-state index in [1.165, 1.54) is 0 Å². The fourth-order valence-corrected chi connectivity index (χ4v) is 1.52. The zero-order valence-corrected chi connectivity index (χ0v) is 8.35. The zero-order chi connectivity index (χ0) is 10.7. The number of allylic oxidation sites excluding steroid dienone is 3. The molecule has 0 fully saturated rings. The van der Waals surface area contributed by atoms with E-state index < -0.39 is 0 Å².